The van der Waals surface area contributed by atoms with Gasteiger partial charge in [-0.25, -0.2) is 0 Å². The van der Waals surface area contributed by atoms with Gasteiger partial charge >= 0.3 is 0 Å². The zero-order chi connectivity index (χ0) is 13.5. The summed E-state index contributed by atoms with van der Waals surface area (Å²) < 4.78 is 10.0. The molecule has 0 heterocycles. The van der Waals surface area contributed by atoms with E-state index in [2.05, 4.69) is 13.8 Å². The second-order valence-electron chi connectivity index (χ2n) is 4.82. The maximum atomic E-state index is 11.9. The average molecular weight is 250 g/mol. The van der Waals surface area contributed by atoms with Crippen LogP contribution in [-0.2, 0) is 15.9 Å². The lowest BCUT2D eigenvalue weighted by Gasteiger charge is -2.12. The van der Waals surface area contributed by atoms with Gasteiger partial charge in [-0.1, -0.05) is 38.1 Å². The summed E-state index contributed by atoms with van der Waals surface area (Å²) in [5.41, 5.74) is 1.97. The number of carbonyl (C=O) groups is 1. The van der Waals surface area contributed by atoms with Crippen molar-refractivity contribution < 1.29 is 14.3 Å². The number of carbonyl (C=O) groups excluding carboxylic acids is 1. The minimum Gasteiger partial charge on any atom is -0.355 e. The first kappa shape index (κ1) is 14.9. The molecule has 0 fully saturated rings. The van der Waals surface area contributed by atoms with E-state index in [-0.39, 0.29) is 12.2 Å². The lowest BCUT2D eigenvalue weighted by atomic mass is 10.00. The Labute approximate surface area is 109 Å². The third kappa shape index (κ3) is 4.59. The fraction of sp³-hybridized carbons (Fsp3) is 0.533. The Morgan fingerprint density at radius 2 is 1.67 bits per heavy atom. The number of ketones is 1. The third-order valence-electron chi connectivity index (χ3n) is 2.80. The Hall–Kier alpha value is -1.19. The van der Waals surface area contributed by atoms with Gasteiger partial charge in [0, 0.05) is 19.8 Å². The number of ether oxygens (including phenoxy) is 2. The summed E-state index contributed by atoms with van der Waals surface area (Å²) in [5.74, 6) is 0.665. The first-order chi connectivity index (χ1) is 8.56. The molecule has 0 saturated carbocycles. The number of hydrogen-bond donors (Lipinski definition) is 0. The Bertz CT molecular complexity index is 364. The molecule has 0 N–H and O–H groups in total. The molecule has 0 aromatic heterocycles. The number of methoxy groups -OCH3 is 2. The van der Waals surface area contributed by atoms with Crippen molar-refractivity contribution in [2.75, 3.05) is 14.2 Å². The largest absolute Gasteiger partial charge is 0.355 e. The minimum atomic E-state index is -0.465. The normalized spacial score (nSPS) is 11.2. The summed E-state index contributed by atoms with van der Waals surface area (Å²) in [5, 5.41) is 0. The van der Waals surface area contributed by atoms with E-state index < -0.39 is 6.29 Å². The van der Waals surface area contributed by atoms with Crippen LogP contribution in [0.15, 0.2) is 24.3 Å². The number of hydrogen-bond acceptors (Lipinski definition) is 3. The van der Waals surface area contributed by atoms with Crippen LogP contribution in [0.1, 0.15) is 36.2 Å². The summed E-state index contributed by atoms with van der Waals surface area (Å²) >= 11 is 0. The van der Waals surface area contributed by atoms with Crippen molar-refractivity contribution in [3.05, 3.63) is 35.4 Å². The highest BCUT2D eigenvalue weighted by molar-refractivity contribution is 5.96. The smallest absolute Gasteiger partial charge is 0.167 e. The maximum Gasteiger partial charge on any atom is 0.167 e. The van der Waals surface area contributed by atoms with Crippen molar-refractivity contribution in [1.82, 2.24) is 0 Å². The van der Waals surface area contributed by atoms with Crippen LogP contribution in [0, 0.1) is 5.92 Å². The molecule has 100 valence electrons. The van der Waals surface area contributed by atoms with Gasteiger partial charge < -0.3 is 9.47 Å². The van der Waals surface area contributed by atoms with Crippen LogP contribution in [0.25, 0.3) is 0 Å². The summed E-state index contributed by atoms with van der Waals surface area (Å²) in [6, 6.07) is 7.79. The predicted molar refractivity (Wildman–Crippen MR) is 71.7 cm³/mol. The van der Waals surface area contributed by atoms with E-state index in [1.807, 2.05) is 24.3 Å². The van der Waals surface area contributed by atoms with E-state index in [4.69, 9.17) is 9.47 Å². The molecule has 0 unspecified atom stereocenters. The molecule has 0 aliphatic heterocycles. The molecule has 3 heteroatoms. The van der Waals surface area contributed by atoms with Gasteiger partial charge in [0.05, 0.1) is 6.42 Å². The van der Waals surface area contributed by atoms with Crippen LogP contribution >= 0.6 is 0 Å². The Morgan fingerprint density at radius 3 is 2.11 bits per heavy atom. The summed E-state index contributed by atoms with van der Waals surface area (Å²) in [6.07, 6.45) is 0.817. The standard InChI is InChI=1S/C15H22O3/c1-11(2)9-12-5-7-13(8-6-12)14(16)10-15(17-3)18-4/h5-8,11,15H,9-10H2,1-4H3. The highest BCUT2D eigenvalue weighted by Gasteiger charge is 2.13. The lowest BCUT2D eigenvalue weighted by Crippen LogP contribution is -2.18. The van der Waals surface area contributed by atoms with E-state index in [0.29, 0.717) is 11.5 Å². The molecule has 1 aromatic rings. The summed E-state index contributed by atoms with van der Waals surface area (Å²) in [4.78, 5) is 11.9. The molecular formula is C15H22O3. The van der Waals surface area contributed by atoms with Gasteiger partial charge in [0.15, 0.2) is 12.1 Å². The van der Waals surface area contributed by atoms with Crippen LogP contribution in [0.5, 0.6) is 0 Å². The zero-order valence-electron chi connectivity index (χ0n) is 11.6. The maximum absolute atomic E-state index is 11.9. The van der Waals surface area contributed by atoms with Crippen LogP contribution in [-0.4, -0.2) is 26.3 Å². The third-order valence-corrected chi connectivity index (χ3v) is 2.80. The second-order valence-corrected chi connectivity index (χ2v) is 4.82. The van der Waals surface area contributed by atoms with E-state index in [1.54, 1.807) is 0 Å². The van der Waals surface area contributed by atoms with Gasteiger partial charge in [-0.05, 0) is 17.9 Å². The average Bonchev–Trinajstić information content (AvgIpc) is 2.35. The van der Waals surface area contributed by atoms with Crippen LogP contribution < -0.4 is 0 Å². The molecule has 18 heavy (non-hydrogen) atoms. The van der Waals surface area contributed by atoms with Crippen molar-refractivity contribution in [2.24, 2.45) is 5.92 Å². The summed E-state index contributed by atoms with van der Waals surface area (Å²) in [6.45, 7) is 4.36. The van der Waals surface area contributed by atoms with Crippen molar-refractivity contribution >= 4 is 5.78 Å². The first-order valence-electron chi connectivity index (χ1n) is 6.24. The van der Waals surface area contributed by atoms with Crippen molar-refractivity contribution in [2.45, 2.75) is 33.0 Å². The van der Waals surface area contributed by atoms with Crippen molar-refractivity contribution in [3.8, 4) is 0 Å². The summed E-state index contributed by atoms with van der Waals surface area (Å²) in [7, 11) is 3.07. The van der Waals surface area contributed by atoms with Gasteiger partial charge in [-0.15, -0.1) is 0 Å². The monoisotopic (exact) mass is 250 g/mol. The van der Waals surface area contributed by atoms with Gasteiger partial charge in [-0.3, -0.25) is 4.79 Å². The molecule has 0 spiro atoms. The lowest BCUT2D eigenvalue weighted by molar-refractivity contribution is -0.0993. The molecule has 1 aromatic carbocycles. The van der Waals surface area contributed by atoms with Crippen LogP contribution in [0.2, 0.25) is 0 Å². The fourth-order valence-corrected chi connectivity index (χ4v) is 1.83. The molecule has 0 saturated heterocycles. The highest BCUT2D eigenvalue weighted by atomic mass is 16.7. The Morgan fingerprint density at radius 1 is 1.11 bits per heavy atom. The molecule has 0 radical (unpaired) electrons. The topological polar surface area (TPSA) is 35.5 Å². The minimum absolute atomic E-state index is 0.0415. The van der Waals surface area contributed by atoms with Gasteiger partial charge in [0.25, 0.3) is 0 Å². The van der Waals surface area contributed by atoms with Crippen molar-refractivity contribution in [3.63, 3.8) is 0 Å². The molecule has 0 atom stereocenters. The zero-order valence-corrected chi connectivity index (χ0v) is 11.6. The number of Topliss-reactive ketones (excluding diaryl/α,β-unsaturated/α-hetero) is 1. The number of benzene rings is 1. The molecule has 1 rings (SSSR count). The molecule has 0 amide bonds. The van der Waals surface area contributed by atoms with E-state index >= 15 is 0 Å². The predicted octanol–water partition coefficient (Wildman–Crippen LogP) is 3.08. The fourth-order valence-electron chi connectivity index (χ4n) is 1.83. The SMILES string of the molecule is COC(CC(=O)c1ccc(CC(C)C)cc1)OC. The van der Waals surface area contributed by atoms with Gasteiger partial charge in [-0.2, -0.15) is 0 Å². The van der Waals surface area contributed by atoms with E-state index in [9.17, 15) is 4.79 Å². The van der Waals surface area contributed by atoms with E-state index in [1.165, 1.54) is 19.8 Å². The second kappa shape index (κ2) is 7.29. The van der Waals surface area contributed by atoms with Crippen molar-refractivity contribution in [1.29, 1.82) is 0 Å². The van der Waals surface area contributed by atoms with Gasteiger partial charge in [0.2, 0.25) is 0 Å². The van der Waals surface area contributed by atoms with Gasteiger partial charge in [0.1, 0.15) is 0 Å². The molecule has 0 aliphatic rings. The van der Waals surface area contributed by atoms with E-state index in [0.717, 1.165) is 6.42 Å². The Balaban J connectivity index is 2.64. The quantitative estimate of drug-likeness (QED) is 0.551. The molecule has 0 aliphatic carbocycles. The molecular weight excluding hydrogens is 228 g/mol. The first-order valence-corrected chi connectivity index (χ1v) is 6.24. The van der Waals surface area contributed by atoms with Crippen LogP contribution in [0.4, 0.5) is 0 Å². The highest BCUT2D eigenvalue weighted by Crippen LogP contribution is 2.12. The molecule has 3 nitrogen and oxygen atoms in total. The molecule has 0 bridgehead atoms. The Kier molecular flexibility index (Phi) is 6.02. The number of rotatable bonds is 7. The van der Waals surface area contributed by atoms with Crippen LogP contribution in [0.3, 0.4) is 0 Å².